The highest BCUT2D eigenvalue weighted by Gasteiger charge is 2.33. The van der Waals surface area contributed by atoms with Crippen molar-refractivity contribution in [3.05, 3.63) is 47.5 Å². The number of rotatable bonds is 2. The minimum atomic E-state index is -4.54. The number of nitrogens with two attached hydrogens (primary N) is 1. The van der Waals surface area contributed by atoms with Gasteiger partial charge in [0.15, 0.2) is 0 Å². The lowest BCUT2D eigenvalue weighted by Gasteiger charge is -2.14. The van der Waals surface area contributed by atoms with E-state index >= 15 is 0 Å². The van der Waals surface area contributed by atoms with Crippen molar-refractivity contribution in [2.24, 2.45) is 5.73 Å². The Labute approximate surface area is 139 Å². The Morgan fingerprint density at radius 2 is 2.00 bits per heavy atom. The van der Waals surface area contributed by atoms with Gasteiger partial charge in [-0.3, -0.25) is 0 Å². The zero-order valence-electron chi connectivity index (χ0n) is 12.8. The highest BCUT2D eigenvalue weighted by molar-refractivity contribution is 5.94. The van der Waals surface area contributed by atoms with Crippen molar-refractivity contribution in [3.8, 4) is 16.9 Å². The van der Waals surface area contributed by atoms with Crippen LogP contribution in [0, 0.1) is 5.82 Å². The number of aromatic nitrogens is 2. The number of hydrogen-bond donors (Lipinski definition) is 2. The lowest BCUT2D eigenvalue weighted by atomic mass is 9.97. The number of nitrogens with zero attached hydrogens (tertiary/aromatic N) is 1. The molecule has 0 spiro atoms. The molecule has 0 fully saturated rings. The highest BCUT2D eigenvalue weighted by atomic mass is 19.4. The van der Waals surface area contributed by atoms with Crippen LogP contribution in [0.3, 0.4) is 0 Å². The Morgan fingerprint density at radius 1 is 1.20 bits per heavy atom. The van der Waals surface area contributed by atoms with Gasteiger partial charge in [-0.15, -0.1) is 0 Å². The lowest BCUT2D eigenvalue weighted by molar-refractivity contribution is -0.137. The second kappa shape index (κ2) is 5.45. The summed E-state index contributed by atoms with van der Waals surface area (Å²) in [6, 6.07) is 4.44. The maximum atomic E-state index is 14.1. The number of nitrogens with one attached hydrogen (secondary N) is 1. The molecule has 0 saturated carbocycles. The number of H-pyrrole nitrogens is 1. The summed E-state index contributed by atoms with van der Waals surface area (Å²) >= 11 is 0. The molecule has 8 heteroatoms. The average molecular weight is 351 g/mol. The van der Waals surface area contributed by atoms with Gasteiger partial charge >= 0.3 is 6.18 Å². The lowest BCUT2D eigenvalue weighted by Crippen LogP contribution is -2.24. The number of ether oxygens (including phenoxy) is 1. The number of halogens is 4. The number of imidazole rings is 1. The van der Waals surface area contributed by atoms with Gasteiger partial charge in [-0.05, 0) is 24.3 Å². The molecule has 3 N–H and O–H groups in total. The molecule has 4 rings (SSSR count). The summed E-state index contributed by atoms with van der Waals surface area (Å²) in [6.07, 6.45) is -3.14. The van der Waals surface area contributed by atoms with Gasteiger partial charge < -0.3 is 15.5 Å². The van der Waals surface area contributed by atoms with Crippen LogP contribution in [0.4, 0.5) is 17.6 Å². The van der Waals surface area contributed by atoms with Gasteiger partial charge in [0.2, 0.25) is 0 Å². The maximum Gasteiger partial charge on any atom is 0.416 e. The molecule has 0 aliphatic carbocycles. The van der Waals surface area contributed by atoms with Crippen molar-refractivity contribution in [2.45, 2.75) is 18.7 Å². The first kappa shape index (κ1) is 15.9. The second-order valence-electron chi connectivity index (χ2n) is 5.94. The fourth-order valence-electron chi connectivity index (χ4n) is 3.14. The van der Waals surface area contributed by atoms with E-state index in [1.54, 1.807) is 0 Å². The molecular formula is C17H13F4N3O. The summed E-state index contributed by atoms with van der Waals surface area (Å²) in [4.78, 5) is 6.77. The summed E-state index contributed by atoms with van der Waals surface area (Å²) in [5.41, 5.74) is 6.31. The first-order valence-corrected chi connectivity index (χ1v) is 7.60. The van der Waals surface area contributed by atoms with Crippen LogP contribution in [-0.4, -0.2) is 22.6 Å². The fourth-order valence-corrected chi connectivity index (χ4v) is 3.14. The van der Waals surface area contributed by atoms with Gasteiger partial charge in [-0.25, -0.2) is 9.37 Å². The molecule has 1 atom stereocenters. The molecule has 0 bridgehead atoms. The normalized spacial score (nSPS) is 16.9. The number of alkyl halides is 3. The minimum Gasteiger partial charge on any atom is -0.488 e. The number of benzene rings is 2. The van der Waals surface area contributed by atoms with Crippen LogP contribution >= 0.6 is 0 Å². The van der Waals surface area contributed by atoms with E-state index in [9.17, 15) is 17.6 Å². The maximum absolute atomic E-state index is 14.1. The third-order valence-electron chi connectivity index (χ3n) is 4.27. The van der Waals surface area contributed by atoms with E-state index in [1.165, 1.54) is 18.5 Å². The number of fused-ring (bicyclic) bond motifs is 2. The van der Waals surface area contributed by atoms with Crippen molar-refractivity contribution in [1.82, 2.24) is 9.97 Å². The van der Waals surface area contributed by atoms with Crippen LogP contribution in [0.5, 0.6) is 5.75 Å². The van der Waals surface area contributed by atoms with Gasteiger partial charge in [-0.1, -0.05) is 0 Å². The Kier molecular flexibility index (Phi) is 3.47. The van der Waals surface area contributed by atoms with Crippen LogP contribution in [-0.2, 0) is 12.6 Å². The molecular weight excluding hydrogens is 338 g/mol. The SMILES string of the molecule is NC[C@@H]1Cc2cc(F)cc(-c3cc(C(F)(F)F)cc4[nH]cnc34)c2O1. The monoisotopic (exact) mass is 351 g/mol. The molecule has 1 aliphatic heterocycles. The van der Waals surface area contributed by atoms with E-state index in [4.69, 9.17) is 10.5 Å². The Morgan fingerprint density at radius 3 is 2.72 bits per heavy atom. The summed E-state index contributed by atoms with van der Waals surface area (Å²) < 4.78 is 59.5. The zero-order chi connectivity index (χ0) is 17.8. The van der Waals surface area contributed by atoms with Crippen molar-refractivity contribution in [2.75, 3.05) is 6.54 Å². The third-order valence-corrected chi connectivity index (χ3v) is 4.27. The van der Waals surface area contributed by atoms with Gasteiger partial charge in [0.25, 0.3) is 0 Å². The van der Waals surface area contributed by atoms with Crippen LogP contribution in [0.1, 0.15) is 11.1 Å². The summed E-state index contributed by atoms with van der Waals surface area (Å²) in [7, 11) is 0. The molecule has 1 aliphatic rings. The Balaban J connectivity index is 1.99. The quantitative estimate of drug-likeness (QED) is 0.693. The van der Waals surface area contributed by atoms with Gasteiger partial charge in [0.1, 0.15) is 17.7 Å². The van der Waals surface area contributed by atoms with E-state index in [1.807, 2.05) is 0 Å². The first-order valence-electron chi connectivity index (χ1n) is 7.60. The molecule has 2 heterocycles. The third kappa shape index (κ3) is 2.62. The summed E-state index contributed by atoms with van der Waals surface area (Å²) in [6.45, 7) is 0.232. The van der Waals surface area contributed by atoms with Crippen molar-refractivity contribution < 1.29 is 22.3 Å². The van der Waals surface area contributed by atoms with Gasteiger partial charge in [0, 0.05) is 29.7 Å². The van der Waals surface area contributed by atoms with Crippen LogP contribution in [0.25, 0.3) is 22.2 Å². The molecule has 0 radical (unpaired) electrons. The van der Waals surface area contributed by atoms with Crippen LogP contribution in [0.2, 0.25) is 0 Å². The Hall–Kier alpha value is -2.61. The molecule has 130 valence electrons. The van der Waals surface area contributed by atoms with Crippen molar-refractivity contribution >= 4 is 11.0 Å². The van der Waals surface area contributed by atoms with Crippen LogP contribution < -0.4 is 10.5 Å². The summed E-state index contributed by atoms with van der Waals surface area (Å²) in [5, 5.41) is 0. The molecule has 0 unspecified atom stereocenters. The van der Waals surface area contributed by atoms with E-state index in [0.717, 1.165) is 12.1 Å². The second-order valence-corrected chi connectivity index (χ2v) is 5.94. The zero-order valence-corrected chi connectivity index (χ0v) is 12.8. The van der Waals surface area contributed by atoms with Crippen molar-refractivity contribution in [3.63, 3.8) is 0 Å². The van der Waals surface area contributed by atoms with E-state index < -0.39 is 17.6 Å². The largest absolute Gasteiger partial charge is 0.488 e. The molecule has 2 aromatic carbocycles. The predicted molar refractivity (Wildman–Crippen MR) is 83.7 cm³/mol. The fraction of sp³-hybridized carbons (Fsp3) is 0.235. The topological polar surface area (TPSA) is 63.9 Å². The first-order chi connectivity index (χ1) is 11.9. The van der Waals surface area contributed by atoms with Gasteiger partial charge in [-0.2, -0.15) is 13.2 Å². The van der Waals surface area contributed by atoms with E-state index in [2.05, 4.69) is 9.97 Å². The van der Waals surface area contributed by atoms with Crippen LogP contribution in [0.15, 0.2) is 30.6 Å². The van der Waals surface area contributed by atoms with Crippen molar-refractivity contribution in [1.29, 1.82) is 0 Å². The van der Waals surface area contributed by atoms with Gasteiger partial charge in [0.05, 0.1) is 22.9 Å². The predicted octanol–water partition coefficient (Wildman–Crippen LogP) is 3.65. The number of aromatic amines is 1. The molecule has 3 aromatic rings. The smallest absolute Gasteiger partial charge is 0.416 e. The minimum absolute atomic E-state index is 0.166. The molecule has 4 nitrogen and oxygen atoms in total. The van der Waals surface area contributed by atoms with E-state index in [0.29, 0.717) is 23.3 Å². The molecule has 0 amide bonds. The highest BCUT2D eigenvalue weighted by Crippen LogP contribution is 2.43. The summed E-state index contributed by atoms with van der Waals surface area (Å²) in [5.74, 6) is -0.184. The average Bonchev–Trinajstić information content (AvgIpc) is 3.18. The molecule has 25 heavy (non-hydrogen) atoms. The Bertz CT molecular complexity index is 964. The van der Waals surface area contributed by atoms with E-state index in [-0.39, 0.29) is 29.3 Å². The number of hydrogen-bond acceptors (Lipinski definition) is 3. The standard InChI is InChI=1S/C17H13F4N3O/c18-10-1-8-2-11(6-22)25-16(8)13(5-10)12-3-9(17(19,20)21)4-14-15(12)24-7-23-14/h1,3-5,7,11H,2,6,22H2,(H,23,24)/t11-/m0/s1. The molecule has 0 saturated heterocycles. The molecule has 1 aromatic heterocycles.